The summed E-state index contributed by atoms with van der Waals surface area (Å²) in [4.78, 5) is 23.0. The first-order valence-corrected chi connectivity index (χ1v) is 9.51. The number of carbonyl (C=O) groups is 1. The lowest BCUT2D eigenvalue weighted by molar-refractivity contribution is -0.169. The number of nitrogens with zero attached hydrogens (tertiary/aromatic N) is 3. The molecule has 0 unspecified atom stereocenters. The van der Waals surface area contributed by atoms with Crippen molar-refractivity contribution in [3.8, 4) is 0 Å². The molecule has 1 aromatic carbocycles. The fourth-order valence-electron chi connectivity index (χ4n) is 3.51. The van der Waals surface area contributed by atoms with Gasteiger partial charge < -0.3 is 19.7 Å². The van der Waals surface area contributed by atoms with Gasteiger partial charge in [-0.15, -0.1) is 0 Å². The Morgan fingerprint density at radius 2 is 1.75 bits per heavy atom. The van der Waals surface area contributed by atoms with Crippen molar-refractivity contribution in [2.75, 3.05) is 37.7 Å². The van der Waals surface area contributed by atoms with Gasteiger partial charge in [0.15, 0.2) is 5.79 Å². The molecule has 8 heteroatoms. The molecule has 4 rings (SSSR count). The van der Waals surface area contributed by atoms with Gasteiger partial charge >= 0.3 is 0 Å². The quantitative estimate of drug-likeness (QED) is 0.846. The third kappa shape index (κ3) is 4.28. The van der Waals surface area contributed by atoms with E-state index >= 15 is 0 Å². The molecule has 2 saturated heterocycles. The smallest absolute Gasteiger partial charge is 0.254 e. The van der Waals surface area contributed by atoms with Crippen LogP contribution in [-0.2, 0) is 15.9 Å². The van der Waals surface area contributed by atoms with Crippen molar-refractivity contribution in [2.24, 2.45) is 0 Å². The van der Waals surface area contributed by atoms with Gasteiger partial charge in [0, 0.05) is 44.9 Å². The van der Waals surface area contributed by atoms with Crippen LogP contribution in [0.1, 0.15) is 28.8 Å². The summed E-state index contributed by atoms with van der Waals surface area (Å²) >= 11 is 0. The van der Waals surface area contributed by atoms with Crippen LogP contribution in [0.4, 0.5) is 10.3 Å². The average molecular weight is 386 g/mol. The summed E-state index contributed by atoms with van der Waals surface area (Å²) in [6.45, 7) is 3.27. The number of hydrogen-bond donors (Lipinski definition) is 1. The number of amides is 1. The number of nitrogens with one attached hydrogen (secondary N) is 1. The number of piperidine rings is 1. The first-order valence-electron chi connectivity index (χ1n) is 9.51. The van der Waals surface area contributed by atoms with Crippen molar-refractivity contribution in [1.82, 2.24) is 15.3 Å². The van der Waals surface area contributed by atoms with Crippen LogP contribution in [0.3, 0.4) is 0 Å². The summed E-state index contributed by atoms with van der Waals surface area (Å²) in [5.41, 5.74) is 1.38. The van der Waals surface area contributed by atoms with E-state index in [4.69, 9.17) is 9.47 Å². The molecule has 148 valence electrons. The molecule has 1 aromatic heterocycles. The van der Waals surface area contributed by atoms with E-state index in [2.05, 4.69) is 20.2 Å². The maximum Gasteiger partial charge on any atom is 0.254 e. The minimum Gasteiger partial charge on any atom is -0.352 e. The summed E-state index contributed by atoms with van der Waals surface area (Å²) in [7, 11) is 0. The number of carbonyl (C=O) groups excluding carboxylic acids is 1. The summed E-state index contributed by atoms with van der Waals surface area (Å²) in [5, 5.41) is 2.83. The van der Waals surface area contributed by atoms with Gasteiger partial charge in [0.1, 0.15) is 5.82 Å². The Kier molecular flexibility index (Phi) is 5.50. The summed E-state index contributed by atoms with van der Waals surface area (Å²) < 4.78 is 24.4. The zero-order valence-corrected chi connectivity index (χ0v) is 15.6. The Morgan fingerprint density at radius 1 is 1.11 bits per heavy atom. The van der Waals surface area contributed by atoms with E-state index in [0.717, 1.165) is 31.5 Å². The zero-order valence-electron chi connectivity index (χ0n) is 15.6. The fourth-order valence-corrected chi connectivity index (χ4v) is 3.51. The zero-order chi connectivity index (χ0) is 19.4. The number of halogens is 1. The third-order valence-corrected chi connectivity index (χ3v) is 5.13. The van der Waals surface area contributed by atoms with Crippen molar-refractivity contribution in [1.29, 1.82) is 0 Å². The second kappa shape index (κ2) is 8.20. The molecular formula is C20H23FN4O3. The molecule has 1 N–H and O–H groups in total. The minimum atomic E-state index is -0.430. The summed E-state index contributed by atoms with van der Waals surface area (Å²) in [6, 6.07) is 6.25. The van der Waals surface area contributed by atoms with Crippen LogP contribution in [0.15, 0.2) is 36.7 Å². The number of aromatic nitrogens is 2. The summed E-state index contributed by atoms with van der Waals surface area (Å²) in [6.07, 6.45) is 5.28. The van der Waals surface area contributed by atoms with Crippen LogP contribution in [0, 0.1) is 5.82 Å². The van der Waals surface area contributed by atoms with Crippen LogP contribution < -0.4 is 10.2 Å². The average Bonchev–Trinajstić information content (AvgIpc) is 3.18. The second-order valence-corrected chi connectivity index (χ2v) is 7.00. The maximum atomic E-state index is 12.9. The fraction of sp³-hybridized carbons (Fsp3) is 0.450. The van der Waals surface area contributed by atoms with E-state index < -0.39 is 5.79 Å². The second-order valence-electron chi connectivity index (χ2n) is 7.00. The van der Waals surface area contributed by atoms with Gasteiger partial charge in [0.2, 0.25) is 5.95 Å². The molecule has 0 radical (unpaired) electrons. The largest absolute Gasteiger partial charge is 0.352 e. The number of benzene rings is 1. The molecule has 0 aliphatic carbocycles. The normalized spacial score (nSPS) is 18.4. The van der Waals surface area contributed by atoms with Crippen molar-refractivity contribution in [2.45, 2.75) is 25.0 Å². The molecule has 2 fully saturated rings. The van der Waals surface area contributed by atoms with Crippen LogP contribution >= 0.6 is 0 Å². The molecule has 0 bridgehead atoms. The van der Waals surface area contributed by atoms with Crippen LogP contribution in [0.5, 0.6) is 0 Å². The highest BCUT2D eigenvalue weighted by molar-refractivity contribution is 5.93. The van der Waals surface area contributed by atoms with E-state index in [1.807, 2.05) is 0 Å². The van der Waals surface area contributed by atoms with Gasteiger partial charge in [-0.05, 0) is 24.1 Å². The molecule has 2 aliphatic rings. The van der Waals surface area contributed by atoms with Crippen molar-refractivity contribution < 1.29 is 18.7 Å². The molecule has 0 saturated carbocycles. The lowest BCUT2D eigenvalue weighted by atomic mass is 10.0. The Balaban J connectivity index is 1.27. The lowest BCUT2D eigenvalue weighted by Gasteiger charge is -2.37. The molecule has 2 aromatic rings. The highest BCUT2D eigenvalue weighted by Crippen LogP contribution is 2.32. The first kappa shape index (κ1) is 18.8. The van der Waals surface area contributed by atoms with E-state index in [1.165, 1.54) is 12.1 Å². The Labute approximate surface area is 162 Å². The van der Waals surface area contributed by atoms with Gasteiger partial charge in [0.25, 0.3) is 5.91 Å². The van der Waals surface area contributed by atoms with Gasteiger partial charge in [-0.2, -0.15) is 0 Å². The van der Waals surface area contributed by atoms with Gasteiger partial charge in [-0.1, -0.05) is 12.1 Å². The van der Waals surface area contributed by atoms with Crippen molar-refractivity contribution >= 4 is 11.9 Å². The first-order chi connectivity index (χ1) is 13.6. The molecule has 1 spiro atoms. The monoisotopic (exact) mass is 386 g/mol. The van der Waals surface area contributed by atoms with Crippen LogP contribution in [0.2, 0.25) is 0 Å². The van der Waals surface area contributed by atoms with E-state index in [1.54, 1.807) is 24.5 Å². The minimum absolute atomic E-state index is 0.223. The Hall–Kier alpha value is -2.58. The number of hydrogen-bond acceptors (Lipinski definition) is 6. The predicted molar refractivity (Wildman–Crippen MR) is 101 cm³/mol. The van der Waals surface area contributed by atoms with E-state index in [-0.39, 0.29) is 11.7 Å². The highest BCUT2D eigenvalue weighted by atomic mass is 19.1. The van der Waals surface area contributed by atoms with E-state index in [0.29, 0.717) is 37.7 Å². The maximum absolute atomic E-state index is 12.9. The third-order valence-electron chi connectivity index (χ3n) is 5.13. The van der Waals surface area contributed by atoms with Gasteiger partial charge in [-0.25, -0.2) is 14.4 Å². The van der Waals surface area contributed by atoms with Crippen LogP contribution in [0.25, 0.3) is 0 Å². The number of ether oxygens (including phenoxy) is 2. The topological polar surface area (TPSA) is 76.6 Å². The number of rotatable bonds is 5. The van der Waals surface area contributed by atoms with Crippen molar-refractivity contribution in [3.05, 3.63) is 53.6 Å². The Bertz CT molecular complexity index is 797. The van der Waals surface area contributed by atoms with Crippen molar-refractivity contribution in [3.63, 3.8) is 0 Å². The lowest BCUT2D eigenvalue weighted by Crippen LogP contribution is -2.45. The molecule has 1 amide bonds. The molecule has 2 aliphatic heterocycles. The SMILES string of the molecule is O=C(NCCc1ccc(F)cc1)c1cnc(N2CCC3(CC2)OCCO3)nc1. The number of anilines is 1. The van der Waals surface area contributed by atoms with Gasteiger partial charge in [-0.3, -0.25) is 4.79 Å². The molecule has 7 nitrogen and oxygen atoms in total. The molecule has 28 heavy (non-hydrogen) atoms. The predicted octanol–water partition coefficient (Wildman–Crippen LogP) is 1.93. The summed E-state index contributed by atoms with van der Waals surface area (Å²) in [5.74, 6) is -0.312. The van der Waals surface area contributed by atoms with Crippen LogP contribution in [-0.4, -0.2) is 54.5 Å². The van der Waals surface area contributed by atoms with E-state index in [9.17, 15) is 9.18 Å². The van der Waals surface area contributed by atoms with Gasteiger partial charge in [0.05, 0.1) is 18.8 Å². The molecule has 0 atom stereocenters. The highest BCUT2D eigenvalue weighted by Gasteiger charge is 2.40. The molecular weight excluding hydrogens is 363 g/mol. The Morgan fingerprint density at radius 3 is 2.39 bits per heavy atom. The molecule has 3 heterocycles. The standard InChI is InChI=1S/C20H23FN4O3/c21-17-3-1-15(2-4-17)5-8-22-18(26)16-13-23-19(24-14-16)25-9-6-20(7-10-25)27-11-12-28-20/h1-4,13-14H,5-12H2,(H,22,26).